The molecule has 0 spiro atoms. The van der Waals surface area contributed by atoms with Crippen LogP contribution in [-0.2, 0) is 14.6 Å². The third-order valence-corrected chi connectivity index (χ3v) is 2.64. The number of hydrogen-bond acceptors (Lipinski definition) is 4. The number of nitrogens with one attached hydrogen (secondary N) is 1. The zero-order valence-electron chi connectivity index (χ0n) is 8.91. The monoisotopic (exact) mass is 232 g/mol. The van der Waals surface area contributed by atoms with Crippen molar-refractivity contribution in [2.45, 2.75) is 19.4 Å². The summed E-state index contributed by atoms with van der Waals surface area (Å²) in [6, 6.07) is -0.793. The molecule has 0 aromatic heterocycles. The van der Waals surface area contributed by atoms with Crippen LogP contribution in [0.3, 0.4) is 0 Å². The van der Waals surface area contributed by atoms with E-state index in [1.807, 2.05) is 0 Å². The summed E-state index contributed by atoms with van der Waals surface area (Å²) < 4.78 is 21.6. The molecular formula is C9H16N2O3S. The highest BCUT2D eigenvalue weighted by Crippen LogP contribution is 1.93. The lowest BCUT2D eigenvalue weighted by atomic mass is 10.2. The van der Waals surface area contributed by atoms with Crippen molar-refractivity contribution < 1.29 is 13.2 Å². The molecule has 86 valence electrons. The van der Waals surface area contributed by atoms with Crippen LogP contribution in [-0.4, -0.2) is 38.9 Å². The minimum Gasteiger partial charge on any atom is -0.344 e. The second-order valence-electron chi connectivity index (χ2n) is 3.17. The molecule has 6 heteroatoms. The molecule has 0 aromatic rings. The van der Waals surface area contributed by atoms with Gasteiger partial charge in [0.15, 0.2) is 0 Å². The molecule has 0 heterocycles. The maximum absolute atomic E-state index is 11.2. The van der Waals surface area contributed by atoms with Gasteiger partial charge in [-0.25, -0.2) is 8.42 Å². The molecular weight excluding hydrogens is 216 g/mol. The van der Waals surface area contributed by atoms with Crippen LogP contribution < -0.4 is 11.1 Å². The second kappa shape index (κ2) is 6.43. The lowest BCUT2D eigenvalue weighted by Crippen LogP contribution is -2.41. The van der Waals surface area contributed by atoms with Crippen LogP contribution in [0.25, 0.3) is 0 Å². The van der Waals surface area contributed by atoms with Gasteiger partial charge in [0, 0.05) is 6.26 Å². The normalized spacial score (nSPS) is 12.5. The summed E-state index contributed by atoms with van der Waals surface area (Å²) in [4.78, 5) is 11.2. The van der Waals surface area contributed by atoms with Gasteiger partial charge in [0.05, 0.1) is 18.3 Å². The Balaban J connectivity index is 3.93. The topological polar surface area (TPSA) is 89.3 Å². The van der Waals surface area contributed by atoms with Gasteiger partial charge in [-0.1, -0.05) is 5.92 Å². The molecule has 0 aromatic carbocycles. The summed E-state index contributed by atoms with van der Waals surface area (Å²) in [5, 5.41) is 2.49. The summed E-state index contributed by atoms with van der Waals surface area (Å²) in [5.41, 5.74) is 5.48. The molecule has 5 nitrogen and oxygen atoms in total. The molecule has 0 bridgehead atoms. The Morgan fingerprint density at radius 2 is 2.13 bits per heavy atom. The molecule has 0 aliphatic rings. The first-order valence-corrected chi connectivity index (χ1v) is 6.53. The number of hydrogen-bond donors (Lipinski definition) is 2. The van der Waals surface area contributed by atoms with Crippen molar-refractivity contribution in [2.24, 2.45) is 5.73 Å². The number of carbonyl (C=O) groups excluding carboxylic acids is 1. The van der Waals surface area contributed by atoms with E-state index in [4.69, 9.17) is 5.73 Å². The van der Waals surface area contributed by atoms with Gasteiger partial charge >= 0.3 is 0 Å². The molecule has 1 amide bonds. The SMILES string of the molecule is CC#CCNC(=O)C(N)CCS(C)(=O)=O. The van der Waals surface area contributed by atoms with Crippen LogP contribution in [0.4, 0.5) is 0 Å². The number of sulfone groups is 1. The predicted octanol–water partition coefficient (Wildman–Crippen LogP) is -1.11. The Hall–Kier alpha value is -1.06. The molecule has 3 N–H and O–H groups in total. The van der Waals surface area contributed by atoms with Gasteiger partial charge in [-0.3, -0.25) is 4.79 Å². The highest BCUT2D eigenvalue weighted by molar-refractivity contribution is 7.90. The highest BCUT2D eigenvalue weighted by Gasteiger charge is 2.14. The summed E-state index contributed by atoms with van der Waals surface area (Å²) in [5.74, 6) is 4.81. The number of nitrogens with two attached hydrogens (primary N) is 1. The Labute approximate surface area is 90.3 Å². The van der Waals surface area contributed by atoms with Crippen LogP contribution in [0.1, 0.15) is 13.3 Å². The first-order valence-electron chi connectivity index (χ1n) is 4.47. The van der Waals surface area contributed by atoms with Crippen molar-refractivity contribution in [3.8, 4) is 11.8 Å². The summed E-state index contributed by atoms with van der Waals surface area (Å²) in [6.07, 6.45) is 1.24. The van der Waals surface area contributed by atoms with E-state index in [2.05, 4.69) is 17.2 Å². The second-order valence-corrected chi connectivity index (χ2v) is 5.43. The molecule has 0 radical (unpaired) electrons. The standard InChI is InChI=1S/C9H16N2O3S/c1-3-4-6-11-9(12)8(10)5-7-15(2,13)14/h8H,5-7,10H2,1-2H3,(H,11,12). The van der Waals surface area contributed by atoms with Gasteiger partial charge in [-0.2, -0.15) is 0 Å². The smallest absolute Gasteiger partial charge is 0.237 e. The molecule has 0 saturated heterocycles. The fourth-order valence-corrected chi connectivity index (χ4v) is 1.51. The quantitative estimate of drug-likeness (QED) is 0.588. The van der Waals surface area contributed by atoms with Crippen LogP contribution in [0, 0.1) is 11.8 Å². The van der Waals surface area contributed by atoms with Gasteiger partial charge < -0.3 is 11.1 Å². The van der Waals surface area contributed by atoms with E-state index in [1.165, 1.54) is 0 Å². The number of rotatable bonds is 5. The maximum Gasteiger partial charge on any atom is 0.237 e. The highest BCUT2D eigenvalue weighted by atomic mass is 32.2. The van der Waals surface area contributed by atoms with E-state index in [9.17, 15) is 13.2 Å². The Morgan fingerprint density at radius 1 is 1.53 bits per heavy atom. The zero-order chi connectivity index (χ0) is 11.9. The van der Waals surface area contributed by atoms with Gasteiger partial charge in [-0.15, -0.1) is 5.92 Å². The summed E-state index contributed by atoms with van der Waals surface area (Å²) >= 11 is 0. The van der Waals surface area contributed by atoms with Crippen LogP contribution in [0.5, 0.6) is 0 Å². The minimum absolute atomic E-state index is 0.0823. The van der Waals surface area contributed by atoms with Crippen LogP contribution in [0.2, 0.25) is 0 Å². The summed E-state index contributed by atoms with van der Waals surface area (Å²) in [7, 11) is -3.07. The Morgan fingerprint density at radius 3 is 2.60 bits per heavy atom. The molecule has 0 rings (SSSR count). The van der Waals surface area contributed by atoms with Crippen molar-refractivity contribution >= 4 is 15.7 Å². The molecule has 1 atom stereocenters. The third kappa shape index (κ3) is 7.97. The van der Waals surface area contributed by atoms with Gasteiger partial charge in [-0.05, 0) is 13.3 Å². The molecule has 15 heavy (non-hydrogen) atoms. The van der Waals surface area contributed by atoms with Crippen molar-refractivity contribution in [3.05, 3.63) is 0 Å². The van der Waals surface area contributed by atoms with E-state index >= 15 is 0 Å². The van der Waals surface area contributed by atoms with E-state index in [-0.39, 0.29) is 24.6 Å². The number of carbonyl (C=O) groups is 1. The zero-order valence-corrected chi connectivity index (χ0v) is 9.73. The predicted molar refractivity (Wildman–Crippen MR) is 58.8 cm³/mol. The lowest BCUT2D eigenvalue weighted by molar-refractivity contribution is -0.122. The van der Waals surface area contributed by atoms with Crippen LogP contribution >= 0.6 is 0 Å². The van der Waals surface area contributed by atoms with E-state index < -0.39 is 15.9 Å². The molecule has 0 saturated carbocycles. The van der Waals surface area contributed by atoms with E-state index in [0.717, 1.165) is 6.26 Å². The minimum atomic E-state index is -3.07. The van der Waals surface area contributed by atoms with E-state index in [0.29, 0.717) is 0 Å². The Kier molecular flexibility index (Phi) is 5.97. The largest absolute Gasteiger partial charge is 0.344 e. The molecule has 1 unspecified atom stereocenters. The average molecular weight is 232 g/mol. The average Bonchev–Trinajstić information content (AvgIpc) is 2.13. The maximum atomic E-state index is 11.2. The molecule has 0 fully saturated rings. The molecule has 0 aliphatic heterocycles. The lowest BCUT2D eigenvalue weighted by Gasteiger charge is -2.09. The fraction of sp³-hybridized carbons (Fsp3) is 0.667. The van der Waals surface area contributed by atoms with Crippen molar-refractivity contribution in [3.63, 3.8) is 0 Å². The third-order valence-electron chi connectivity index (χ3n) is 1.66. The first kappa shape index (κ1) is 13.9. The summed E-state index contributed by atoms with van der Waals surface area (Å²) in [6.45, 7) is 1.90. The van der Waals surface area contributed by atoms with Gasteiger partial charge in [0.25, 0.3) is 0 Å². The van der Waals surface area contributed by atoms with Crippen molar-refractivity contribution in [2.75, 3.05) is 18.6 Å². The van der Waals surface area contributed by atoms with Gasteiger partial charge in [0.1, 0.15) is 9.84 Å². The molecule has 0 aliphatic carbocycles. The van der Waals surface area contributed by atoms with Crippen molar-refractivity contribution in [1.82, 2.24) is 5.32 Å². The number of amides is 1. The van der Waals surface area contributed by atoms with Gasteiger partial charge in [0.2, 0.25) is 5.91 Å². The van der Waals surface area contributed by atoms with Crippen LogP contribution in [0.15, 0.2) is 0 Å². The first-order chi connectivity index (χ1) is 6.87. The Bertz CT molecular complexity index is 365. The fourth-order valence-electron chi connectivity index (χ4n) is 0.823. The van der Waals surface area contributed by atoms with Crippen molar-refractivity contribution in [1.29, 1.82) is 0 Å². The van der Waals surface area contributed by atoms with E-state index in [1.54, 1.807) is 6.92 Å².